The van der Waals surface area contributed by atoms with E-state index in [0.717, 1.165) is 30.8 Å². The lowest BCUT2D eigenvalue weighted by atomic mass is 10.1. The van der Waals surface area contributed by atoms with Gasteiger partial charge in [0.2, 0.25) is 0 Å². The van der Waals surface area contributed by atoms with Crippen molar-refractivity contribution in [3.8, 4) is 0 Å². The van der Waals surface area contributed by atoms with Gasteiger partial charge in [-0.05, 0) is 24.5 Å². The third kappa shape index (κ3) is 3.54. The average Bonchev–Trinajstić information content (AvgIpc) is 2.18. The molecule has 2 nitrogen and oxygen atoms in total. The molecule has 83 valence electrons. The third-order valence-electron chi connectivity index (χ3n) is 2.32. The van der Waals surface area contributed by atoms with Crippen molar-refractivity contribution < 1.29 is 0 Å². The number of rotatable bonds is 5. The van der Waals surface area contributed by atoms with Crippen molar-refractivity contribution in [2.45, 2.75) is 39.5 Å². The molecule has 0 spiro atoms. The van der Waals surface area contributed by atoms with Crippen molar-refractivity contribution in [2.75, 3.05) is 19.0 Å². The largest absolute Gasteiger partial charge is 0.363 e. The van der Waals surface area contributed by atoms with Gasteiger partial charge in [-0.2, -0.15) is 0 Å². The Bertz CT molecular complexity index is 281. The summed E-state index contributed by atoms with van der Waals surface area (Å²) in [6.07, 6.45) is 4.42. The minimum atomic E-state index is 1.03. The molecule has 0 saturated carbocycles. The minimum Gasteiger partial charge on any atom is -0.363 e. The molecule has 0 unspecified atom stereocenters. The van der Waals surface area contributed by atoms with E-state index in [0.29, 0.717) is 0 Å². The van der Waals surface area contributed by atoms with E-state index in [4.69, 9.17) is 0 Å². The van der Waals surface area contributed by atoms with Crippen LogP contribution in [0.4, 0.5) is 5.82 Å². The van der Waals surface area contributed by atoms with Gasteiger partial charge in [0.1, 0.15) is 5.82 Å². The number of hydrogen-bond donors (Lipinski definition) is 0. The lowest BCUT2D eigenvalue weighted by Crippen LogP contribution is -2.12. The summed E-state index contributed by atoms with van der Waals surface area (Å²) in [5.74, 6) is 1.06. The molecule has 2 heteroatoms. The first kappa shape index (κ1) is 12.0. The summed E-state index contributed by atoms with van der Waals surface area (Å²) in [4.78, 5) is 6.64. The molecule has 1 rings (SSSR count). The highest BCUT2D eigenvalue weighted by Crippen LogP contribution is 2.14. The second-order valence-electron chi connectivity index (χ2n) is 4.11. The highest BCUT2D eigenvalue weighted by molar-refractivity contribution is 5.40. The Morgan fingerprint density at radius 3 is 2.40 bits per heavy atom. The van der Waals surface area contributed by atoms with E-state index < -0.39 is 0 Å². The highest BCUT2D eigenvalue weighted by atomic mass is 15.1. The summed E-state index contributed by atoms with van der Waals surface area (Å²) in [7, 11) is 4.07. The molecule has 0 aromatic carbocycles. The Hall–Kier alpha value is -1.05. The fourth-order valence-corrected chi connectivity index (χ4v) is 1.56. The van der Waals surface area contributed by atoms with Gasteiger partial charge < -0.3 is 4.90 Å². The van der Waals surface area contributed by atoms with Crippen LogP contribution in [0.3, 0.4) is 0 Å². The van der Waals surface area contributed by atoms with Crippen LogP contribution in [-0.2, 0) is 12.8 Å². The molecule has 0 aliphatic heterocycles. The summed E-state index contributed by atoms with van der Waals surface area (Å²) in [5, 5.41) is 0. The topological polar surface area (TPSA) is 16.1 Å². The maximum Gasteiger partial charge on any atom is 0.128 e. The van der Waals surface area contributed by atoms with Crippen molar-refractivity contribution >= 4 is 5.82 Å². The Kier molecular flexibility index (Phi) is 4.60. The van der Waals surface area contributed by atoms with E-state index in [2.05, 4.69) is 35.9 Å². The molecule has 1 aromatic heterocycles. The van der Waals surface area contributed by atoms with Crippen LogP contribution in [0.2, 0.25) is 0 Å². The van der Waals surface area contributed by atoms with E-state index in [9.17, 15) is 0 Å². The molecular weight excluding hydrogens is 184 g/mol. The van der Waals surface area contributed by atoms with Crippen LogP contribution in [0.25, 0.3) is 0 Å². The number of pyridine rings is 1. The molecule has 0 bridgehead atoms. The van der Waals surface area contributed by atoms with E-state index >= 15 is 0 Å². The molecule has 0 fully saturated rings. The Labute approximate surface area is 93.3 Å². The average molecular weight is 205 g/mol. The summed E-state index contributed by atoms with van der Waals surface area (Å²) in [5.41, 5.74) is 2.40. The van der Waals surface area contributed by atoms with E-state index in [1.165, 1.54) is 12.0 Å². The van der Waals surface area contributed by atoms with E-state index in [1.807, 2.05) is 14.1 Å². The van der Waals surface area contributed by atoms with Crippen LogP contribution in [0, 0.1) is 6.07 Å². The molecule has 1 radical (unpaired) electrons. The number of aromatic nitrogens is 1. The van der Waals surface area contributed by atoms with Crippen molar-refractivity contribution in [3.05, 3.63) is 23.4 Å². The zero-order valence-corrected chi connectivity index (χ0v) is 10.3. The number of nitrogens with zero attached hydrogens (tertiary/aromatic N) is 2. The standard InChI is InChI=1S/C13H21N2/c1-5-7-11-9-12(8-6-2)14-13(10-11)15(3)4/h10H,5-8H2,1-4H3. The first-order valence-corrected chi connectivity index (χ1v) is 5.76. The fourth-order valence-electron chi connectivity index (χ4n) is 1.56. The SMILES string of the molecule is CCCc1[c]c(CCC)nc(N(C)C)c1. The van der Waals surface area contributed by atoms with Crippen molar-refractivity contribution in [3.63, 3.8) is 0 Å². The maximum absolute atomic E-state index is 4.58. The molecule has 1 aromatic rings. The van der Waals surface area contributed by atoms with Crippen LogP contribution in [-0.4, -0.2) is 19.1 Å². The predicted molar refractivity (Wildman–Crippen MR) is 65.4 cm³/mol. The fraction of sp³-hybridized carbons (Fsp3) is 0.615. The summed E-state index contributed by atoms with van der Waals surface area (Å²) in [6.45, 7) is 4.38. The minimum absolute atomic E-state index is 1.03. The number of hydrogen-bond acceptors (Lipinski definition) is 2. The van der Waals surface area contributed by atoms with Gasteiger partial charge in [-0.25, -0.2) is 4.98 Å². The highest BCUT2D eigenvalue weighted by Gasteiger charge is 2.04. The zero-order chi connectivity index (χ0) is 11.3. The molecule has 0 amide bonds. The molecule has 0 aliphatic rings. The van der Waals surface area contributed by atoms with E-state index in [1.54, 1.807) is 0 Å². The van der Waals surface area contributed by atoms with Crippen LogP contribution < -0.4 is 4.90 Å². The zero-order valence-electron chi connectivity index (χ0n) is 10.3. The quantitative estimate of drug-likeness (QED) is 0.735. The second kappa shape index (κ2) is 5.74. The predicted octanol–water partition coefficient (Wildman–Crippen LogP) is 2.85. The number of aryl methyl sites for hydroxylation is 2. The molecule has 0 aliphatic carbocycles. The van der Waals surface area contributed by atoms with Gasteiger partial charge in [0, 0.05) is 20.2 Å². The van der Waals surface area contributed by atoms with Gasteiger partial charge in [-0.15, -0.1) is 0 Å². The lowest BCUT2D eigenvalue weighted by molar-refractivity contribution is 0.852. The van der Waals surface area contributed by atoms with Crippen molar-refractivity contribution in [1.29, 1.82) is 0 Å². The second-order valence-corrected chi connectivity index (χ2v) is 4.11. The molecule has 1 heterocycles. The van der Waals surface area contributed by atoms with Crippen molar-refractivity contribution in [2.24, 2.45) is 0 Å². The summed E-state index contributed by atoms with van der Waals surface area (Å²) in [6, 6.07) is 5.55. The number of anilines is 1. The van der Waals surface area contributed by atoms with Crippen LogP contribution in [0.5, 0.6) is 0 Å². The normalized spacial score (nSPS) is 10.4. The first-order valence-electron chi connectivity index (χ1n) is 5.76. The third-order valence-corrected chi connectivity index (χ3v) is 2.32. The Morgan fingerprint density at radius 1 is 1.20 bits per heavy atom. The Morgan fingerprint density at radius 2 is 1.87 bits per heavy atom. The monoisotopic (exact) mass is 205 g/mol. The van der Waals surface area contributed by atoms with Crippen molar-refractivity contribution in [1.82, 2.24) is 4.98 Å². The molecule has 0 atom stereocenters. The van der Waals surface area contributed by atoms with Gasteiger partial charge in [0.05, 0.1) is 5.69 Å². The van der Waals surface area contributed by atoms with Crippen LogP contribution >= 0.6 is 0 Å². The van der Waals surface area contributed by atoms with E-state index in [-0.39, 0.29) is 0 Å². The summed E-state index contributed by atoms with van der Waals surface area (Å²) >= 11 is 0. The molecular formula is C13H21N2. The van der Waals surface area contributed by atoms with Gasteiger partial charge in [0.15, 0.2) is 0 Å². The lowest BCUT2D eigenvalue weighted by Gasteiger charge is -2.14. The molecule has 15 heavy (non-hydrogen) atoms. The van der Waals surface area contributed by atoms with Gasteiger partial charge in [-0.1, -0.05) is 26.7 Å². The van der Waals surface area contributed by atoms with Crippen LogP contribution in [0.15, 0.2) is 6.07 Å². The van der Waals surface area contributed by atoms with Gasteiger partial charge in [0.25, 0.3) is 0 Å². The molecule has 0 saturated heterocycles. The summed E-state index contributed by atoms with van der Waals surface area (Å²) < 4.78 is 0. The van der Waals surface area contributed by atoms with Crippen LogP contribution in [0.1, 0.15) is 37.9 Å². The Balaban J connectivity index is 2.97. The van der Waals surface area contributed by atoms with Gasteiger partial charge >= 0.3 is 0 Å². The molecule has 0 N–H and O–H groups in total. The van der Waals surface area contributed by atoms with Gasteiger partial charge in [-0.3, -0.25) is 0 Å². The smallest absolute Gasteiger partial charge is 0.128 e. The maximum atomic E-state index is 4.58. The first-order chi connectivity index (χ1) is 7.17.